The number of carbonyl (C=O) groups excluding carboxylic acids is 1. The van der Waals surface area contributed by atoms with E-state index in [-0.39, 0.29) is 6.10 Å². The van der Waals surface area contributed by atoms with Gasteiger partial charge in [-0.15, -0.1) is 0 Å². The number of hydrogen-bond donors (Lipinski definition) is 0. The molecule has 0 spiro atoms. The molecule has 1 heterocycles. The minimum atomic E-state index is -0.0152. The van der Waals surface area contributed by atoms with Crippen LogP contribution in [0.3, 0.4) is 0 Å². The molecule has 6 heteroatoms. The number of nitrogens with zero attached hydrogens (tertiary/aromatic N) is 1. The molecule has 5 nitrogen and oxygen atoms in total. The van der Waals surface area contributed by atoms with Crippen molar-refractivity contribution in [2.45, 2.75) is 13.0 Å². The van der Waals surface area contributed by atoms with Gasteiger partial charge in [0.05, 0.1) is 19.3 Å². The van der Waals surface area contributed by atoms with E-state index in [1.807, 2.05) is 0 Å². The van der Waals surface area contributed by atoms with Crippen LogP contribution in [0.25, 0.3) is 0 Å². The number of morpholine rings is 1. The van der Waals surface area contributed by atoms with Gasteiger partial charge in [0.15, 0.2) is 17.8 Å². The molecule has 2 rings (SSSR count). The molecule has 0 saturated carbocycles. The Kier molecular flexibility index (Phi) is 5.85. The molecule has 1 aromatic carbocycles. The van der Waals surface area contributed by atoms with Crippen LogP contribution in [-0.2, 0) is 4.74 Å². The summed E-state index contributed by atoms with van der Waals surface area (Å²) in [5, 5.41) is 0.437. The van der Waals surface area contributed by atoms with Gasteiger partial charge >= 0.3 is 0 Å². The molecule has 0 aliphatic carbocycles. The number of benzene rings is 1. The summed E-state index contributed by atoms with van der Waals surface area (Å²) in [4.78, 5) is 13.5. The maximum atomic E-state index is 11.2. The summed E-state index contributed by atoms with van der Waals surface area (Å²) in [6.07, 6.45) is 0.697. The summed E-state index contributed by atoms with van der Waals surface area (Å²) in [6.45, 7) is 5.94. The molecule has 1 aliphatic rings. The molecule has 1 fully saturated rings. The van der Waals surface area contributed by atoms with E-state index in [1.165, 1.54) is 7.11 Å². The number of carbonyl (C=O) groups is 1. The molecule has 1 atom stereocenters. The zero-order valence-electron chi connectivity index (χ0n) is 12.3. The average molecular weight is 314 g/mol. The Bertz CT molecular complexity index is 495. The number of aldehydes is 1. The van der Waals surface area contributed by atoms with Crippen LogP contribution in [0.15, 0.2) is 12.1 Å². The molecular weight excluding hydrogens is 294 g/mol. The Hall–Kier alpha value is -1.30. The van der Waals surface area contributed by atoms with Gasteiger partial charge in [-0.2, -0.15) is 0 Å². The number of methoxy groups -OCH3 is 1. The summed E-state index contributed by atoms with van der Waals surface area (Å²) in [5.74, 6) is 0.863. The van der Waals surface area contributed by atoms with Gasteiger partial charge in [-0.25, -0.2) is 0 Å². The largest absolute Gasteiger partial charge is 0.493 e. The Labute approximate surface area is 129 Å². The van der Waals surface area contributed by atoms with Crippen LogP contribution in [0, 0.1) is 0 Å². The minimum absolute atomic E-state index is 0.0152. The van der Waals surface area contributed by atoms with Gasteiger partial charge in [-0.1, -0.05) is 18.5 Å². The lowest BCUT2D eigenvalue weighted by molar-refractivity contribution is -0.0467. The van der Waals surface area contributed by atoms with E-state index in [2.05, 4.69) is 11.8 Å². The van der Waals surface area contributed by atoms with E-state index in [0.29, 0.717) is 41.6 Å². The second-order valence-corrected chi connectivity index (χ2v) is 5.28. The number of rotatable bonds is 6. The summed E-state index contributed by atoms with van der Waals surface area (Å²) in [5.41, 5.74) is 0.377. The molecule has 0 amide bonds. The fourth-order valence-corrected chi connectivity index (χ4v) is 2.54. The van der Waals surface area contributed by atoms with Crippen molar-refractivity contribution >= 4 is 17.9 Å². The van der Waals surface area contributed by atoms with Crippen LogP contribution >= 0.6 is 11.6 Å². The number of ether oxygens (including phenoxy) is 3. The normalized spacial score (nSPS) is 19.3. The van der Waals surface area contributed by atoms with E-state index >= 15 is 0 Å². The first-order chi connectivity index (χ1) is 10.2. The Morgan fingerprint density at radius 2 is 2.33 bits per heavy atom. The summed E-state index contributed by atoms with van der Waals surface area (Å²) in [7, 11) is 1.52. The summed E-state index contributed by atoms with van der Waals surface area (Å²) >= 11 is 5.94. The van der Waals surface area contributed by atoms with Gasteiger partial charge in [0, 0.05) is 24.2 Å². The predicted octanol–water partition coefficient (Wildman–Crippen LogP) is 2.26. The van der Waals surface area contributed by atoms with Crippen molar-refractivity contribution in [3.05, 3.63) is 22.7 Å². The van der Waals surface area contributed by atoms with Crippen LogP contribution in [0.4, 0.5) is 0 Å². The SMILES string of the molecule is CCN1CCOC(COc2c(C=O)cc(Cl)cc2OC)C1. The fraction of sp³-hybridized carbons (Fsp3) is 0.533. The third kappa shape index (κ3) is 4.09. The van der Waals surface area contributed by atoms with Crippen LogP contribution in [0.5, 0.6) is 11.5 Å². The molecule has 1 aromatic rings. The summed E-state index contributed by atoms with van der Waals surface area (Å²) in [6, 6.07) is 3.19. The fourth-order valence-electron chi connectivity index (χ4n) is 2.33. The Balaban J connectivity index is 2.07. The van der Waals surface area contributed by atoms with Crippen LogP contribution < -0.4 is 9.47 Å². The second kappa shape index (κ2) is 7.64. The highest BCUT2D eigenvalue weighted by atomic mass is 35.5. The van der Waals surface area contributed by atoms with Crippen LogP contribution in [-0.4, -0.2) is 57.2 Å². The lowest BCUT2D eigenvalue weighted by atomic mass is 10.2. The topological polar surface area (TPSA) is 48.0 Å². The van der Waals surface area contributed by atoms with E-state index < -0.39 is 0 Å². The molecule has 0 N–H and O–H groups in total. The molecule has 1 aliphatic heterocycles. The van der Waals surface area contributed by atoms with Crippen molar-refractivity contribution in [1.29, 1.82) is 0 Å². The molecular formula is C15H20ClNO4. The van der Waals surface area contributed by atoms with Crippen molar-refractivity contribution in [3.63, 3.8) is 0 Å². The number of hydrogen-bond acceptors (Lipinski definition) is 5. The van der Waals surface area contributed by atoms with E-state index in [4.69, 9.17) is 25.8 Å². The van der Waals surface area contributed by atoms with Gasteiger partial charge in [-0.3, -0.25) is 9.69 Å². The first kappa shape index (κ1) is 16.1. The van der Waals surface area contributed by atoms with Crippen molar-refractivity contribution < 1.29 is 19.0 Å². The first-order valence-corrected chi connectivity index (χ1v) is 7.35. The maximum Gasteiger partial charge on any atom is 0.171 e. The highest BCUT2D eigenvalue weighted by molar-refractivity contribution is 6.31. The minimum Gasteiger partial charge on any atom is -0.493 e. The predicted molar refractivity (Wildman–Crippen MR) is 80.7 cm³/mol. The molecule has 1 saturated heterocycles. The third-order valence-corrected chi connectivity index (χ3v) is 3.70. The average Bonchev–Trinajstić information content (AvgIpc) is 2.52. The van der Waals surface area contributed by atoms with Crippen molar-refractivity contribution in [2.75, 3.05) is 40.0 Å². The summed E-state index contributed by atoms with van der Waals surface area (Å²) < 4.78 is 16.7. The zero-order chi connectivity index (χ0) is 15.2. The van der Waals surface area contributed by atoms with Crippen LogP contribution in [0.2, 0.25) is 5.02 Å². The number of halogens is 1. The standard InChI is InChI=1S/C15H20ClNO4/c1-3-17-4-5-20-13(8-17)10-21-15-11(9-18)6-12(16)7-14(15)19-2/h6-7,9,13H,3-5,8,10H2,1-2H3. The molecule has 0 aromatic heterocycles. The van der Waals surface area contributed by atoms with Gasteiger partial charge in [-0.05, 0) is 12.6 Å². The van der Waals surface area contributed by atoms with Gasteiger partial charge in [0.1, 0.15) is 12.7 Å². The van der Waals surface area contributed by atoms with E-state index in [9.17, 15) is 4.79 Å². The van der Waals surface area contributed by atoms with Crippen molar-refractivity contribution in [1.82, 2.24) is 4.90 Å². The van der Waals surface area contributed by atoms with Crippen molar-refractivity contribution in [3.8, 4) is 11.5 Å². The number of likely N-dealkylation sites (N-methyl/N-ethyl adjacent to an activating group) is 1. The first-order valence-electron chi connectivity index (χ1n) is 6.97. The maximum absolute atomic E-state index is 11.2. The second-order valence-electron chi connectivity index (χ2n) is 4.84. The lowest BCUT2D eigenvalue weighted by Crippen LogP contribution is -2.44. The highest BCUT2D eigenvalue weighted by Crippen LogP contribution is 2.34. The molecule has 0 bridgehead atoms. The zero-order valence-corrected chi connectivity index (χ0v) is 13.1. The molecule has 21 heavy (non-hydrogen) atoms. The lowest BCUT2D eigenvalue weighted by Gasteiger charge is -2.32. The third-order valence-electron chi connectivity index (χ3n) is 3.48. The van der Waals surface area contributed by atoms with E-state index in [0.717, 1.165) is 19.6 Å². The van der Waals surface area contributed by atoms with Crippen LogP contribution in [0.1, 0.15) is 17.3 Å². The van der Waals surface area contributed by atoms with Gasteiger partial charge in [0.2, 0.25) is 0 Å². The quantitative estimate of drug-likeness (QED) is 0.754. The van der Waals surface area contributed by atoms with Crippen molar-refractivity contribution in [2.24, 2.45) is 0 Å². The molecule has 1 unspecified atom stereocenters. The molecule has 0 radical (unpaired) electrons. The smallest absolute Gasteiger partial charge is 0.171 e. The van der Waals surface area contributed by atoms with Gasteiger partial charge < -0.3 is 14.2 Å². The Morgan fingerprint density at radius 1 is 1.52 bits per heavy atom. The monoisotopic (exact) mass is 313 g/mol. The molecule has 116 valence electrons. The van der Waals surface area contributed by atoms with Gasteiger partial charge in [0.25, 0.3) is 0 Å². The van der Waals surface area contributed by atoms with E-state index in [1.54, 1.807) is 12.1 Å². The highest BCUT2D eigenvalue weighted by Gasteiger charge is 2.21. The Morgan fingerprint density at radius 3 is 3.00 bits per heavy atom.